The molecule has 0 radical (unpaired) electrons. The average molecular weight is 355 g/mol. The van der Waals surface area contributed by atoms with E-state index in [1.165, 1.54) is 37.3 Å². The molecule has 3 heteroatoms. The summed E-state index contributed by atoms with van der Waals surface area (Å²) in [7, 11) is 7.05. The van der Waals surface area contributed by atoms with E-state index in [2.05, 4.69) is 75.7 Å². The fourth-order valence-corrected chi connectivity index (χ4v) is 3.62. The van der Waals surface area contributed by atoms with Gasteiger partial charge in [-0.1, -0.05) is 48.5 Å². The van der Waals surface area contributed by atoms with Gasteiger partial charge in [0.25, 0.3) is 0 Å². The van der Waals surface area contributed by atoms with Crippen LogP contribution < -0.4 is 4.74 Å². The third-order valence-electron chi connectivity index (χ3n) is 5.88. The average Bonchev–Trinajstić information content (AvgIpc) is 2.65. The zero-order valence-corrected chi connectivity index (χ0v) is 16.7. The van der Waals surface area contributed by atoms with Gasteiger partial charge in [-0.2, -0.15) is 0 Å². The third-order valence-corrected chi connectivity index (χ3v) is 5.88. The molecule has 26 heavy (non-hydrogen) atoms. The van der Waals surface area contributed by atoms with E-state index in [4.69, 9.17) is 4.74 Å². The maximum atomic E-state index is 6.22. The Bertz CT molecular complexity index is 686. The van der Waals surface area contributed by atoms with Crippen molar-refractivity contribution in [3.63, 3.8) is 0 Å². The number of nitrogens with zero attached hydrogens (tertiary/aromatic N) is 2. The number of piperazine rings is 1. The molecule has 0 aromatic heterocycles. The second-order valence-electron chi connectivity index (χ2n) is 8.62. The first-order valence-electron chi connectivity index (χ1n) is 9.86. The van der Waals surface area contributed by atoms with Crippen molar-refractivity contribution in [1.29, 1.82) is 0 Å². The van der Waals surface area contributed by atoms with Crippen LogP contribution in [0.4, 0.5) is 0 Å². The first-order chi connectivity index (χ1) is 12.5. The maximum absolute atomic E-state index is 6.22. The molecular weight excluding hydrogens is 320 g/mol. The van der Waals surface area contributed by atoms with Gasteiger partial charge in [0.15, 0.2) is 0 Å². The second kappa shape index (κ2) is 8.24. The molecule has 0 N–H and O–H groups in total. The van der Waals surface area contributed by atoms with E-state index in [9.17, 15) is 0 Å². The van der Waals surface area contributed by atoms with Gasteiger partial charge in [0, 0.05) is 0 Å². The first kappa shape index (κ1) is 18.9. The third kappa shape index (κ3) is 5.33. The van der Waals surface area contributed by atoms with Crippen LogP contribution >= 0.6 is 0 Å². The van der Waals surface area contributed by atoms with E-state index in [-0.39, 0.29) is 0 Å². The van der Waals surface area contributed by atoms with Crippen LogP contribution in [-0.2, 0) is 12.8 Å². The highest BCUT2D eigenvalue weighted by atomic mass is 16.5. The number of aryl methyl sites for hydroxylation is 2. The predicted octanol–water partition coefficient (Wildman–Crippen LogP) is 3.39. The Kier molecular flexibility index (Phi) is 6.00. The standard InChI is InChI=1S/C23H34N2O/c1-24(2)15-17-25(3,18-16-24)19-20-26-23-12-8-7-11-22(23)14-13-21-9-5-4-6-10-21/h4-12H,13-20H2,1-3H3/q+2. The van der Waals surface area contributed by atoms with Gasteiger partial charge in [0.1, 0.15) is 45.1 Å². The fraction of sp³-hybridized carbons (Fsp3) is 0.478. The Balaban J connectivity index is 1.52. The van der Waals surface area contributed by atoms with Crippen molar-refractivity contribution < 1.29 is 13.7 Å². The molecule has 0 bridgehead atoms. The Morgan fingerprint density at radius 2 is 1.42 bits per heavy atom. The normalized spacial score (nSPS) is 18.4. The van der Waals surface area contributed by atoms with Gasteiger partial charge >= 0.3 is 0 Å². The number of benzene rings is 2. The highest BCUT2D eigenvalue weighted by molar-refractivity contribution is 5.34. The number of hydrogen-bond acceptors (Lipinski definition) is 1. The quantitative estimate of drug-likeness (QED) is 0.693. The Labute approximate surface area is 159 Å². The molecule has 3 rings (SSSR count). The van der Waals surface area contributed by atoms with Gasteiger partial charge < -0.3 is 13.7 Å². The number of likely N-dealkylation sites (N-methyl/N-ethyl adjacent to an activating group) is 2. The summed E-state index contributed by atoms with van der Waals surface area (Å²) in [5.41, 5.74) is 2.70. The summed E-state index contributed by atoms with van der Waals surface area (Å²) in [6.07, 6.45) is 2.08. The molecule has 0 amide bonds. The van der Waals surface area contributed by atoms with Crippen LogP contribution in [0.5, 0.6) is 5.75 Å². The zero-order valence-electron chi connectivity index (χ0n) is 16.7. The Hall–Kier alpha value is -1.84. The fourth-order valence-electron chi connectivity index (χ4n) is 3.62. The lowest BCUT2D eigenvalue weighted by Gasteiger charge is -2.44. The van der Waals surface area contributed by atoms with E-state index in [0.717, 1.165) is 40.7 Å². The molecule has 140 valence electrons. The largest absolute Gasteiger partial charge is 0.487 e. The molecule has 2 aromatic rings. The molecule has 0 unspecified atom stereocenters. The summed E-state index contributed by atoms with van der Waals surface area (Å²) in [5, 5.41) is 0. The van der Waals surface area contributed by atoms with Crippen LogP contribution in [0.15, 0.2) is 54.6 Å². The van der Waals surface area contributed by atoms with Gasteiger partial charge in [-0.3, -0.25) is 0 Å². The number of ether oxygens (including phenoxy) is 1. The lowest BCUT2D eigenvalue weighted by molar-refractivity contribution is -1.01. The molecule has 0 saturated carbocycles. The molecular formula is C23H34N2O+2. The Morgan fingerprint density at radius 3 is 2.15 bits per heavy atom. The Morgan fingerprint density at radius 1 is 0.769 bits per heavy atom. The summed E-state index contributed by atoms with van der Waals surface area (Å²) in [5.74, 6) is 1.06. The van der Waals surface area contributed by atoms with Crippen molar-refractivity contribution in [1.82, 2.24) is 0 Å². The van der Waals surface area contributed by atoms with Crippen molar-refractivity contribution in [2.45, 2.75) is 12.8 Å². The van der Waals surface area contributed by atoms with E-state index >= 15 is 0 Å². The van der Waals surface area contributed by atoms with Crippen molar-refractivity contribution in [3.8, 4) is 5.75 Å². The summed E-state index contributed by atoms with van der Waals surface area (Å²) in [4.78, 5) is 0. The van der Waals surface area contributed by atoms with Crippen LogP contribution in [0.2, 0.25) is 0 Å². The summed E-state index contributed by atoms with van der Waals surface area (Å²) in [6, 6.07) is 19.2. The topological polar surface area (TPSA) is 9.23 Å². The summed E-state index contributed by atoms with van der Waals surface area (Å²) < 4.78 is 8.51. The molecule has 1 aliphatic heterocycles. The second-order valence-corrected chi connectivity index (χ2v) is 8.62. The molecule has 1 fully saturated rings. The van der Waals surface area contributed by atoms with Crippen molar-refractivity contribution in [3.05, 3.63) is 65.7 Å². The molecule has 0 atom stereocenters. The first-order valence-corrected chi connectivity index (χ1v) is 9.86. The number of para-hydroxylation sites is 1. The zero-order chi connectivity index (χ0) is 18.5. The lowest BCUT2D eigenvalue weighted by Crippen LogP contribution is -2.63. The van der Waals surface area contributed by atoms with Gasteiger partial charge in [-0.05, 0) is 30.0 Å². The minimum Gasteiger partial charge on any atom is -0.487 e. The van der Waals surface area contributed by atoms with Gasteiger partial charge in [0.2, 0.25) is 0 Å². The van der Waals surface area contributed by atoms with Gasteiger partial charge in [-0.25, -0.2) is 0 Å². The van der Waals surface area contributed by atoms with Crippen LogP contribution in [0.1, 0.15) is 11.1 Å². The molecule has 0 aliphatic carbocycles. The van der Waals surface area contributed by atoms with E-state index in [1.54, 1.807) is 0 Å². The lowest BCUT2D eigenvalue weighted by atomic mass is 10.0. The highest BCUT2D eigenvalue weighted by Crippen LogP contribution is 2.21. The summed E-state index contributed by atoms with van der Waals surface area (Å²) >= 11 is 0. The predicted molar refractivity (Wildman–Crippen MR) is 108 cm³/mol. The highest BCUT2D eigenvalue weighted by Gasteiger charge is 2.34. The van der Waals surface area contributed by atoms with Crippen LogP contribution in [0.3, 0.4) is 0 Å². The molecule has 0 spiro atoms. The van der Waals surface area contributed by atoms with Crippen LogP contribution in [-0.4, -0.2) is 69.4 Å². The molecule has 2 aromatic carbocycles. The smallest absolute Gasteiger partial charge is 0.137 e. The van der Waals surface area contributed by atoms with Gasteiger partial charge in [-0.15, -0.1) is 0 Å². The number of rotatable bonds is 7. The van der Waals surface area contributed by atoms with E-state index < -0.39 is 0 Å². The summed E-state index contributed by atoms with van der Waals surface area (Å²) in [6.45, 7) is 6.88. The van der Waals surface area contributed by atoms with Crippen LogP contribution in [0, 0.1) is 0 Å². The van der Waals surface area contributed by atoms with Crippen molar-refractivity contribution >= 4 is 0 Å². The minimum absolute atomic E-state index is 0.798. The number of quaternary nitrogens is 2. The van der Waals surface area contributed by atoms with Gasteiger partial charge in [0.05, 0.1) is 21.1 Å². The molecule has 1 heterocycles. The molecule has 1 saturated heterocycles. The van der Waals surface area contributed by atoms with E-state index in [0.29, 0.717) is 0 Å². The van der Waals surface area contributed by atoms with Crippen LogP contribution in [0.25, 0.3) is 0 Å². The SMILES string of the molecule is C[N+]1(C)CC[N+](C)(CCOc2ccccc2CCc2ccccc2)CC1. The monoisotopic (exact) mass is 354 g/mol. The number of hydrogen-bond donors (Lipinski definition) is 0. The maximum Gasteiger partial charge on any atom is 0.137 e. The minimum atomic E-state index is 0.798. The van der Waals surface area contributed by atoms with Crippen molar-refractivity contribution in [2.75, 3.05) is 60.5 Å². The molecule has 3 nitrogen and oxygen atoms in total. The van der Waals surface area contributed by atoms with E-state index in [1.807, 2.05) is 0 Å². The van der Waals surface area contributed by atoms with Crippen molar-refractivity contribution in [2.24, 2.45) is 0 Å². The molecule has 1 aliphatic rings.